The summed E-state index contributed by atoms with van der Waals surface area (Å²) in [5.74, 6) is 0. The molecule has 0 unspecified atom stereocenters. The predicted octanol–water partition coefficient (Wildman–Crippen LogP) is 1.91. The van der Waals surface area contributed by atoms with E-state index in [4.69, 9.17) is 4.84 Å². The number of aryl methyl sites for hydroxylation is 1. The molecule has 1 aromatic carbocycles. The minimum Gasteiger partial charge on any atom is -0.399 e. The third-order valence-electron chi connectivity index (χ3n) is 2.48. The molecule has 0 saturated carbocycles. The summed E-state index contributed by atoms with van der Waals surface area (Å²) in [4.78, 5) is 4.92. The second-order valence-electron chi connectivity index (χ2n) is 3.74. The molecule has 0 saturated heterocycles. The van der Waals surface area contributed by atoms with Crippen molar-refractivity contribution in [3.63, 3.8) is 0 Å². The average Bonchev–Trinajstić information content (AvgIpc) is 2.38. The molecule has 3 nitrogen and oxygen atoms in total. The van der Waals surface area contributed by atoms with Crippen LogP contribution in [0.5, 0.6) is 0 Å². The van der Waals surface area contributed by atoms with E-state index in [9.17, 15) is 0 Å². The summed E-state index contributed by atoms with van der Waals surface area (Å²) in [5.41, 5.74) is 2.92. The summed E-state index contributed by atoms with van der Waals surface area (Å²) >= 11 is 0. The number of hydrogen-bond acceptors (Lipinski definition) is 2. The van der Waals surface area contributed by atoms with Crippen LogP contribution in [-0.4, -0.2) is 12.8 Å². The fourth-order valence-electron chi connectivity index (χ4n) is 1.62. The molecule has 0 atom stereocenters. The van der Waals surface area contributed by atoms with E-state index in [-0.39, 0.29) is 0 Å². The fourth-order valence-corrected chi connectivity index (χ4v) is 1.62. The van der Waals surface area contributed by atoms with Gasteiger partial charge in [-0.25, -0.2) is 4.57 Å². The summed E-state index contributed by atoms with van der Waals surface area (Å²) < 4.78 is 1.99. The zero-order valence-electron chi connectivity index (χ0n) is 10.00. The molecule has 1 aromatic heterocycles. The topological polar surface area (TPSA) is 25.5 Å². The Morgan fingerprint density at radius 1 is 1.00 bits per heavy atom. The van der Waals surface area contributed by atoms with Gasteiger partial charge in [0, 0.05) is 23.3 Å². The van der Waals surface area contributed by atoms with E-state index in [2.05, 4.69) is 5.16 Å². The van der Waals surface area contributed by atoms with Gasteiger partial charge in [-0.05, 0) is 0 Å². The lowest BCUT2D eigenvalue weighted by molar-refractivity contribution is -0.671. The summed E-state index contributed by atoms with van der Waals surface area (Å²) in [6.07, 6.45) is 3.98. The van der Waals surface area contributed by atoms with Crippen molar-refractivity contribution in [2.75, 3.05) is 7.11 Å². The number of pyridine rings is 1. The van der Waals surface area contributed by atoms with Crippen LogP contribution < -0.4 is 4.57 Å². The molecule has 0 aliphatic carbocycles. The Hall–Kier alpha value is -2.16. The Morgan fingerprint density at radius 3 is 2.18 bits per heavy atom. The minimum absolute atomic E-state index is 0.841. The van der Waals surface area contributed by atoms with Crippen molar-refractivity contribution in [3.05, 3.63) is 66.0 Å². The Kier molecular flexibility index (Phi) is 3.50. The standard InChI is InChI=1S/C14H15N2O/c1-16-10-8-13(9-11-16)14(15-17-2)12-6-4-3-5-7-12/h3-11H,1-2H3/q+1/b15-14-. The molecule has 3 heteroatoms. The lowest BCUT2D eigenvalue weighted by atomic mass is 10.0. The van der Waals surface area contributed by atoms with Crippen molar-refractivity contribution in [1.29, 1.82) is 0 Å². The van der Waals surface area contributed by atoms with Gasteiger partial charge in [0.2, 0.25) is 0 Å². The Bertz CT molecular complexity index is 504. The molecule has 0 radical (unpaired) electrons. The van der Waals surface area contributed by atoms with Crippen LogP contribution in [0, 0.1) is 0 Å². The first-order chi connectivity index (χ1) is 8.31. The van der Waals surface area contributed by atoms with E-state index < -0.39 is 0 Å². The van der Waals surface area contributed by atoms with Gasteiger partial charge in [-0.2, -0.15) is 0 Å². The zero-order valence-corrected chi connectivity index (χ0v) is 10.00. The van der Waals surface area contributed by atoms with Crippen LogP contribution in [0.3, 0.4) is 0 Å². The maximum atomic E-state index is 4.92. The number of oxime groups is 1. The van der Waals surface area contributed by atoms with Crippen molar-refractivity contribution >= 4 is 5.71 Å². The van der Waals surface area contributed by atoms with Gasteiger partial charge in [0.25, 0.3) is 0 Å². The summed E-state index contributed by atoms with van der Waals surface area (Å²) in [6.45, 7) is 0. The summed E-state index contributed by atoms with van der Waals surface area (Å²) in [5, 5.41) is 4.10. The van der Waals surface area contributed by atoms with Gasteiger partial charge in [0.1, 0.15) is 19.9 Å². The number of aromatic nitrogens is 1. The van der Waals surface area contributed by atoms with E-state index in [1.165, 1.54) is 0 Å². The van der Waals surface area contributed by atoms with Crippen LogP contribution in [0.4, 0.5) is 0 Å². The largest absolute Gasteiger partial charge is 0.399 e. The van der Waals surface area contributed by atoms with Crippen LogP contribution in [0.25, 0.3) is 0 Å². The summed E-state index contributed by atoms with van der Waals surface area (Å²) in [6, 6.07) is 14.0. The van der Waals surface area contributed by atoms with Crippen LogP contribution in [0.2, 0.25) is 0 Å². The van der Waals surface area contributed by atoms with Crippen molar-refractivity contribution in [2.45, 2.75) is 0 Å². The maximum Gasteiger partial charge on any atom is 0.169 e. The zero-order chi connectivity index (χ0) is 12.1. The highest BCUT2D eigenvalue weighted by molar-refractivity contribution is 6.12. The first-order valence-electron chi connectivity index (χ1n) is 5.43. The van der Waals surface area contributed by atoms with Crippen molar-refractivity contribution in [3.8, 4) is 0 Å². The highest BCUT2D eigenvalue weighted by Crippen LogP contribution is 2.09. The van der Waals surface area contributed by atoms with E-state index in [0.717, 1.165) is 16.8 Å². The second-order valence-corrected chi connectivity index (χ2v) is 3.74. The quantitative estimate of drug-likeness (QED) is 0.447. The minimum atomic E-state index is 0.841. The highest BCUT2D eigenvalue weighted by atomic mass is 16.6. The van der Waals surface area contributed by atoms with E-state index in [1.807, 2.05) is 66.5 Å². The molecule has 1 heterocycles. The molecule has 0 spiro atoms. The smallest absolute Gasteiger partial charge is 0.169 e. The van der Waals surface area contributed by atoms with Gasteiger partial charge < -0.3 is 4.84 Å². The molecular weight excluding hydrogens is 212 g/mol. The van der Waals surface area contributed by atoms with Crippen LogP contribution in [-0.2, 0) is 11.9 Å². The number of hydrogen-bond donors (Lipinski definition) is 0. The Morgan fingerprint density at radius 2 is 1.59 bits per heavy atom. The maximum absolute atomic E-state index is 4.92. The first-order valence-corrected chi connectivity index (χ1v) is 5.43. The molecule has 2 rings (SSSR count). The van der Waals surface area contributed by atoms with Gasteiger partial charge >= 0.3 is 0 Å². The molecule has 0 aliphatic rings. The van der Waals surface area contributed by atoms with Crippen LogP contribution in [0.15, 0.2) is 60.0 Å². The van der Waals surface area contributed by atoms with E-state index >= 15 is 0 Å². The molecule has 0 aliphatic heterocycles. The predicted molar refractivity (Wildman–Crippen MR) is 66.7 cm³/mol. The third-order valence-corrected chi connectivity index (χ3v) is 2.48. The fraction of sp³-hybridized carbons (Fsp3) is 0.143. The van der Waals surface area contributed by atoms with Gasteiger partial charge in [0.15, 0.2) is 12.4 Å². The van der Waals surface area contributed by atoms with Gasteiger partial charge in [-0.1, -0.05) is 35.5 Å². The molecule has 0 N–H and O–H groups in total. The molecule has 17 heavy (non-hydrogen) atoms. The molecule has 86 valence electrons. The van der Waals surface area contributed by atoms with Gasteiger partial charge in [-0.15, -0.1) is 0 Å². The Labute approximate surface area is 101 Å². The van der Waals surface area contributed by atoms with Crippen LogP contribution >= 0.6 is 0 Å². The van der Waals surface area contributed by atoms with E-state index in [0.29, 0.717) is 0 Å². The molecule has 2 aromatic rings. The SMILES string of the molecule is CO/N=C(/c1ccccc1)c1cc[n+](C)cc1. The van der Waals surface area contributed by atoms with Crippen molar-refractivity contribution in [1.82, 2.24) is 0 Å². The number of nitrogens with zero attached hydrogens (tertiary/aromatic N) is 2. The number of rotatable bonds is 3. The first kappa shape index (κ1) is 11.3. The highest BCUT2D eigenvalue weighted by Gasteiger charge is 2.08. The monoisotopic (exact) mass is 227 g/mol. The third kappa shape index (κ3) is 2.69. The van der Waals surface area contributed by atoms with Gasteiger partial charge in [0.05, 0.1) is 0 Å². The normalized spacial score (nSPS) is 11.3. The second kappa shape index (κ2) is 5.25. The lowest BCUT2D eigenvalue weighted by Gasteiger charge is -2.04. The molecule has 0 amide bonds. The van der Waals surface area contributed by atoms with Crippen molar-refractivity contribution in [2.24, 2.45) is 12.2 Å². The van der Waals surface area contributed by atoms with Gasteiger partial charge in [-0.3, -0.25) is 0 Å². The molecular formula is C14H15N2O+. The molecule has 0 fully saturated rings. The lowest BCUT2D eigenvalue weighted by Crippen LogP contribution is -2.26. The number of benzene rings is 1. The van der Waals surface area contributed by atoms with Crippen LogP contribution in [0.1, 0.15) is 11.1 Å². The Balaban J connectivity index is 2.44. The molecule has 0 bridgehead atoms. The van der Waals surface area contributed by atoms with Crippen molar-refractivity contribution < 1.29 is 9.40 Å². The van der Waals surface area contributed by atoms with E-state index in [1.54, 1.807) is 7.11 Å². The summed E-state index contributed by atoms with van der Waals surface area (Å²) in [7, 11) is 3.55. The average molecular weight is 227 g/mol.